The predicted molar refractivity (Wildman–Crippen MR) is 160 cm³/mol. The number of aromatic nitrogens is 2. The number of amides is 1. The first-order valence-corrected chi connectivity index (χ1v) is 13.2. The highest BCUT2D eigenvalue weighted by Crippen LogP contribution is 2.22. The third kappa shape index (κ3) is 13.1. The minimum Gasteiger partial charge on any atom is -0.395 e. The van der Waals surface area contributed by atoms with Gasteiger partial charge in [-0.05, 0) is 36.9 Å². The van der Waals surface area contributed by atoms with Crippen molar-refractivity contribution in [2.75, 3.05) is 25.0 Å². The number of fused-ring (bicyclic) bond motifs is 1. The Balaban J connectivity index is 0.000000641. The number of nitrogens with one attached hydrogen (secondary N) is 2. The number of carbonyl (C=O) groups is 1. The number of imidazole rings is 1. The maximum absolute atomic E-state index is 12.8. The summed E-state index contributed by atoms with van der Waals surface area (Å²) in [5.74, 6) is -0.310. The zero-order valence-corrected chi connectivity index (χ0v) is 23.8. The topological polar surface area (TPSA) is 79.2 Å². The summed E-state index contributed by atoms with van der Waals surface area (Å²) in [4.78, 5) is 15.8. The molecule has 0 bridgehead atoms. The number of rotatable bonds is 10. The van der Waals surface area contributed by atoms with Gasteiger partial charge in [0.25, 0.3) is 0 Å². The highest BCUT2D eigenvalue weighted by Gasteiger charge is 2.05. The van der Waals surface area contributed by atoms with Crippen LogP contribution < -0.4 is 10.6 Å². The van der Waals surface area contributed by atoms with Crippen LogP contribution in [0.15, 0.2) is 91.2 Å². The molecular weight excluding hydrogens is 479 g/mol. The fourth-order valence-corrected chi connectivity index (χ4v) is 3.36. The average molecular weight is 525 g/mol. The molecule has 7 heteroatoms. The standard InChI is InChI=1S/C14H16N2O2.C13H17FN2.2C2H6/c17-9-8-15-10-14(18)16-13-7-3-5-11-4-1-2-6-12(11)13;1-4-6-12(7-11(3)14)8-13-9-15-10-16(13)5-2;2*1-2/h1-7,15,17H,8-10H2,(H,16,18);4,6-7,9-10H,1,5,8H2,2-3H3;2*1-2H3/b;11-7+,12-6+;;. The van der Waals surface area contributed by atoms with Crippen LogP contribution in [0.3, 0.4) is 0 Å². The normalized spacial score (nSPS) is 10.7. The van der Waals surface area contributed by atoms with Crippen LogP contribution in [0.4, 0.5) is 10.1 Å². The van der Waals surface area contributed by atoms with Gasteiger partial charge in [-0.3, -0.25) is 4.79 Å². The lowest BCUT2D eigenvalue weighted by molar-refractivity contribution is -0.115. The lowest BCUT2D eigenvalue weighted by atomic mass is 10.1. The van der Waals surface area contributed by atoms with Gasteiger partial charge in [-0.2, -0.15) is 0 Å². The maximum Gasteiger partial charge on any atom is 0.238 e. The number of nitrogens with zero attached hydrogens (tertiary/aromatic N) is 2. The predicted octanol–water partition coefficient (Wildman–Crippen LogP) is 6.84. The van der Waals surface area contributed by atoms with E-state index in [4.69, 9.17) is 5.11 Å². The molecule has 1 heterocycles. The molecule has 0 aliphatic heterocycles. The van der Waals surface area contributed by atoms with Crippen molar-refractivity contribution in [1.82, 2.24) is 14.9 Å². The molecule has 0 radical (unpaired) electrons. The number of carbonyl (C=O) groups excluding carboxylic acids is 1. The van der Waals surface area contributed by atoms with E-state index in [1.54, 1.807) is 12.4 Å². The first-order chi connectivity index (χ1) is 18.5. The molecular formula is C31H45FN4O2. The van der Waals surface area contributed by atoms with Gasteiger partial charge in [0.05, 0.1) is 25.3 Å². The second-order valence-corrected chi connectivity index (χ2v) is 7.53. The fraction of sp³-hybridized carbons (Fsp3) is 0.355. The smallest absolute Gasteiger partial charge is 0.238 e. The highest BCUT2D eigenvalue weighted by molar-refractivity contribution is 6.02. The number of hydrogen-bond acceptors (Lipinski definition) is 4. The Hall–Kier alpha value is -3.55. The third-order valence-corrected chi connectivity index (χ3v) is 4.88. The Labute approximate surface area is 228 Å². The molecule has 0 unspecified atom stereocenters. The number of aliphatic hydroxyl groups is 1. The zero-order chi connectivity index (χ0) is 28.8. The van der Waals surface area contributed by atoms with Crippen molar-refractivity contribution in [2.45, 2.75) is 54.5 Å². The van der Waals surface area contributed by atoms with Crippen LogP contribution >= 0.6 is 0 Å². The van der Waals surface area contributed by atoms with Gasteiger partial charge in [0.15, 0.2) is 0 Å². The summed E-state index contributed by atoms with van der Waals surface area (Å²) in [6.45, 7) is 16.6. The lowest BCUT2D eigenvalue weighted by Gasteiger charge is -2.09. The van der Waals surface area contributed by atoms with E-state index in [-0.39, 0.29) is 24.9 Å². The molecule has 0 spiro atoms. The fourth-order valence-electron chi connectivity index (χ4n) is 3.36. The first kappa shape index (κ1) is 34.5. The minimum atomic E-state index is -0.198. The lowest BCUT2D eigenvalue weighted by Crippen LogP contribution is -2.29. The molecule has 0 saturated carbocycles. The van der Waals surface area contributed by atoms with E-state index < -0.39 is 0 Å². The summed E-state index contributed by atoms with van der Waals surface area (Å²) in [6.07, 6.45) is 9.27. The van der Waals surface area contributed by atoms with Crippen molar-refractivity contribution in [3.63, 3.8) is 0 Å². The molecule has 1 aromatic heterocycles. The molecule has 0 aliphatic carbocycles. The van der Waals surface area contributed by atoms with Crippen LogP contribution in [0.2, 0.25) is 0 Å². The Kier molecular flexibility index (Phi) is 19.5. The van der Waals surface area contributed by atoms with Gasteiger partial charge >= 0.3 is 0 Å². The van der Waals surface area contributed by atoms with Crippen molar-refractivity contribution in [1.29, 1.82) is 0 Å². The van der Waals surface area contributed by atoms with E-state index in [9.17, 15) is 9.18 Å². The molecule has 2 aromatic carbocycles. The van der Waals surface area contributed by atoms with Gasteiger partial charge in [-0.15, -0.1) is 0 Å². The summed E-state index contributed by atoms with van der Waals surface area (Å²) in [6, 6.07) is 13.7. The van der Waals surface area contributed by atoms with Crippen LogP contribution in [-0.4, -0.2) is 40.3 Å². The summed E-state index contributed by atoms with van der Waals surface area (Å²) < 4.78 is 14.9. The van der Waals surface area contributed by atoms with Crippen LogP contribution in [0.5, 0.6) is 0 Å². The molecule has 6 nitrogen and oxygen atoms in total. The second kappa shape index (κ2) is 21.5. The summed E-state index contributed by atoms with van der Waals surface area (Å²) in [5.41, 5.74) is 2.78. The molecule has 208 valence electrons. The second-order valence-electron chi connectivity index (χ2n) is 7.53. The van der Waals surface area contributed by atoms with Gasteiger partial charge in [0.1, 0.15) is 0 Å². The van der Waals surface area contributed by atoms with Crippen molar-refractivity contribution in [2.24, 2.45) is 0 Å². The van der Waals surface area contributed by atoms with Gasteiger partial charge in [0.2, 0.25) is 5.91 Å². The Morgan fingerprint density at radius 2 is 1.82 bits per heavy atom. The Morgan fingerprint density at radius 1 is 1.13 bits per heavy atom. The monoisotopic (exact) mass is 524 g/mol. The summed E-state index contributed by atoms with van der Waals surface area (Å²) in [5, 5.41) is 16.4. The number of halogens is 1. The molecule has 1 amide bonds. The average Bonchev–Trinajstić information content (AvgIpc) is 3.38. The molecule has 0 fully saturated rings. The summed E-state index contributed by atoms with van der Waals surface area (Å²) in [7, 11) is 0. The third-order valence-electron chi connectivity index (χ3n) is 4.88. The first-order valence-electron chi connectivity index (χ1n) is 13.2. The van der Waals surface area contributed by atoms with Crippen LogP contribution in [0.1, 0.15) is 47.2 Å². The number of aliphatic hydroxyl groups excluding tert-OH is 1. The van der Waals surface area contributed by atoms with Crippen LogP contribution in [-0.2, 0) is 17.8 Å². The number of aryl methyl sites for hydroxylation is 1. The quantitative estimate of drug-likeness (QED) is 0.200. The summed E-state index contributed by atoms with van der Waals surface area (Å²) >= 11 is 0. The SMILES string of the molecule is C=C/C=C(\C=C(/C)F)Cc1cncn1CC.CC.CC.O=C(CNCCO)Nc1cccc2ccccc12. The van der Waals surface area contributed by atoms with Crippen LogP contribution in [0, 0.1) is 0 Å². The van der Waals surface area contributed by atoms with E-state index in [2.05, 4.69) is 29.1 Å². The van der Waals surface area contributed by atoms with Gasteiger partial charge in [0, 0.05) is 42.5 Å². The number of allylic oxidation sites excluding steroid dienone is 5. The molecule has 3 aromatic rings. The Bertz CT molecular complexity index is 1130. The maximum atomic E-state index is 12.8. The van der Waals surface area contributed by atoms with Crippen molar-refractivity contribution >= 4 is 22.4 Å². The molecule has 0 atom stereocenters. The largest absolute Gasteiger partial charge is 0.395 e. The molecule has 0 aliphatic rings. The van der Waals surface area contributed by atoms with Crippen molar-refractivity contribution < 1.29 is 14.3 Å². The van der Waals surface area contributed by atoms with Crippen molar-refractivity contribution in [3.8, 4) is 0 Å². The van der Waals surface area contributed by atoms with E-state index in [0.29, 0.717) is 13.0 Å². The van der Waals surface area contributed by atoms with Crippen molar-refractivity contribution in [3.05, 3.63) is 96.9 Å². The minimum absolute atomic E-state index is 0.0293. The van der Waals surface area contributed by atoms with E-state index in [0.717, 1.165) is 34.3 Å². The van der Waals surface area contributed by atoms with Crippen LogP contribution in [0.25, 0.3) is 10.8 Å². The van der Waals surface area contributed by atoms with E-state index in [1.165, 1.54) is 13.0 Å². The van der Waals surface area contributed by atoms with E-state index >= 15 is 0 Å². The molecule has 3 N–H and O–H groups in total. The highest BCUT2D eigenvalue weighted by atomic mass is 19.1. The molecule has 38 heavy (non-hydrogen) atoms. The van der Waals surface area contributed by atoms with Gasteiger partial charge in [-0.1, -0.05) is 82.8 Å². The van der Waals surface area contributed by atoms with E-state index in [1.807, 2.05) is 87.0 Å². The molecule has 0 saturated heterocycles. The Morgan fingerprint density at radius 3 is 2.45 bits per heavy atom. The number of anilines is 1. The number of hydrogen-bond donors (Lipinski definition) is 3. The molecule has 3 rings (SSSR count). The van der Waals surface area contributed by atoms with Gasteiger partial charge < -0.3 is 20.3 Å². The van der Waals surface area contributed by atoms with Gasteiger partial charge in [-0.25, -0.2) is 9.37 Å². The zero-order valence-electron chi connectivity index (χ0n) is 23.8. The number of benzene rings is 2.